The fraction of sp³-hybridized carbons (Fsp3) is 0.190. The Kier molecular flexibility index (Phi) is 4.67. The summed E-state index contributed by atoms with van der Waals surface area (Å²) in [6.07, 6.45) is 0.499. The van der Waals surface area contributed by atoms with Crippen LogP contribution in [0.4, 0.5) is 5.82 Å². The summed E-state index contributed by atoms with van der Waals surface area (Å²) in [6.45, 7) is 2.35. The molecule has 4 rings (SSSR count). The van der Waals surface area contributed by atoms with Gasteiger partial charge >= 0.3 is 5.97 Å². The fourth-order valence-corrected chi connectivity index (χ4v) is 3.31. The number of phenols is 2. The van der Waals surface area contributed by atoms with E-state index in [1.54, 1.807) is 17.6 Å². The number of nitrogens with two attached hydrogens (primary N) is 1. The van der Waals surface area contributed by atoms with Crippen LogP contribution in [0.2, 0.25) is 0 Å². The number of aromatic hydroxyl groups is 2. The lowest BCUT2D eigenvalue weighted by Gasteiger charge is -2.09. The number of carbonyl (C=O) groups excluding carboxylic acids is 1. The minimum atomic E-state index is -0.541. The van der Waals surface area contributed by atoms with Gasteiger partial charge in [0.2, 0.25) is 0 Å². The van der Waals surface area contributed by atoms with Gasteiger partial charge in [-0.05, 0) is 43.2 Å². The molecule has 0 unspecified atom stereocenters. The normalized spacial score (nSPS) is 11.2. The number of fused-ring (bicyclic) bond motifs is 2. The van der Waals surface area contributed by atoms with Gasteiger partial charge in [0.1, 0.15) is 16.9 Å². The molecule has 8 heteroatoms. The molecule has 0 spiro atoms. The van der Waals surface area contributed by atoms with E-state index in [-0.39, 0.29) is 29.5 Å². The number of aryl methyl sites for hydroxylation is 2. The van der Waals surface area contributed by atoms with E-state index in [2.05, 4.69) is 9.97 Å². The molecule has 8 nitrogen and oxygen atoms in total. The van der Waals surface area contributed by atoms with E-state index in [0.717, 1.165) is 5.56 Å². The van der Waals surface area contributed by atoms with Crippen molar-refractivity contribution in [3.05, 3.63) is 53.6 Å². The van der Waals surface area contributed by atoms with Crippen LogP contribution < -0.4 is 5.73 Å². The molecule has 4 N–H and O–H groups in total. The van der Waals surface area contributed by atoms with Gasteiger partial charge in [0.05, 0.1) is 17.6 Å². The lowest BCUT2D eigenvalue weighted by atomic mass is 10.1. The van der Waals surface area contributed by atoms with Crippen molar-refractivity contribution in [1.29, 1.82) is 0 Å². The molecule has 2 aromatic heterocycles. The van der Waals surface area contributed by atoms with Crippen molar-refractivity contribution < 1.29 is 19.7 Å². The van der Waals surface area contributed by atoms with E-state index in [9.17, 15) is 15.0 Å². The number of benzene rings is 2. The molecule has 0 atom stereocenters. The van der Waals surface area contributed by atoms with Gasteiger partial charge < -0.3 is 25.3 Å². The van der Waals surface area contributed by atoms with Crippen LogP contribution in [0.25, 0.3) is 22.2 Å². The van der Waals surface area contributed by atoms with Crippen molar-refractivity contribution in [3.63, 3.8) is 0 Å². The predicted octanol–water partition coefficient (Wildman–Crippen LogP) is 3.00. The predicted molar refractivity (Wildman–Crippen MR) is 109 cm³/mol. The molecular formula is C21H20N4O4. The maximum Gasteiger partial charge on any atom is 0.344 e. The Morgan fingerprint density at radius 2 is 1.83 bits per heavy atom. The third-order valence-corrected chi connectivity index (χ3v) is 4.74. The van der Waals surface area contributed by atoms with Gasteiger partial charge in [0, 0.05) is 6.54 Å². The fourth-order valence-electron chi connectivity index (χ4n) is 3.31. The van der Waals surface area contributed by atoms with Gasteiger partial charge in [0.25, 0.3) is 0 Å². The number of esters is 1. The number of rotatable bonds is 5. The number of aromatic nitrogens is 3. The third kappa shape index (κ3) is 3.29. The first-order valence-corrected chi connectivity index (χ1v) is 9.22. The van der Waals surface area contributed by atoms with Crippen LogP contribution in [0, 0.1) is 0 Å². The highest BCUT2D eigenvalue weighted by Gasteiger charge is 2.24. The number of carbonyl (C=O) groups is 1. The lowest BCUT2D eigenvalue weighted by molar-refractivity contribution is 0.0529. The zero-order chi connectivity index (χ0) is 20.5. The molecule has 0 amide bonds. The van der Waals surface area contributed by atoms with Gasteiger partial charge in [-0.1, -0.05) is 18.2 Å². The first-order valence-electron chi connectivity index (χ1n) is 9.22. The monoisotopic (exact) mass is 392 g/mol. The zero-order valence-electron chi connectivity index (χ0n) is 15.8. The van der Waals surface area contributed by atoms with E-state index < -0.39 is 5.97 Å². The SMILES string of the molecule is CCOC(=O)c1c(N)n(CCc2ccc(O)c(O)c2)c2nc3ccccc3nc12. The van der Waals surface area contributed by atoms with Gasteiger partial charge in [-0.3, -0.25) is 0 Å². The molecule has 148 valence electrons. The van der Waals surface area contributed by atoms with Gasteiger partial charge in [-0.15, -0.1) is 0 Å². The topological polar surface area (TPSA) is 123 Å². The summed E-state index contributed by atoms with van der Waals surface area (Å²) in [5.74, 6) is -0.676. The largest absolute Gasteiger partial charge is 0.504 e. The second-order valence-electron chi connectivity index (χ2n) is 6.59. The Bertz CT molecular complexity index is 1230. The molecule has 2 heterocycles. The molecule has 0 radical (unpaired) electrons. The summed E-state index contributed by atoms with van der Waals surface area (Å²) >= 11 is 0. The molecule has 0 aliphatic heterocycles. The Balaban J connectivity index is 1.83. The standard InChI is InChI=1S/C21H20N4O4/c1-2-29-21(28)17-18-20(24-14-6-4-3-5-13(14)23-18)25(19(17)22)10-9-12-7-8-15(26)16(27)11-12/h3-8,11,26-27H,2,9-10,22H2,1H3. The molecule has 0 bridgehead atoms. The Morgan fingerprint density at radius 1 is 1.10 bits per heavy atom. The van der Waals surface area contributed by atoms with Crippen molar-refractivity contribution in [2.75, 3.05) is 12.3 Å². The second-order valence-corrected chi connectivity index (χ2v) is 6.59. The molecule has 0 aliphatic carbocycles. The Labute approximate surface area is 166 Å². The number of hydrogen-bond donors (Lipinski definition) is 3. The summed E-state index contributed by atoms with van der Waals surface area (Å²) < 4.78 is 6.90. The van der Waals surface area contributed by atoms with Crippen LogP contribution in [0.5, 0.6) is 11.5 Å². The van der Waals surface area contributed by atoms with Crippen molar-refractivity contribution in [2.24, 2.45) is 0 Å². The average Bonchev–Trinajstić information content (AvgIpc) is 2.97. The first-order chi connectivity index (χ1) is 14.0. The minimum Gasteiger partial charge on any atom is -0.504 e. The quantitative estimate of drug-likeness (QED) is 0.352. The summed E-state index contributed by atoms with van der Waals surface area (Å²) in [4.78, 5) is 21.8. The van der Waals surface area contributed by atoms with Crippen LogP contribution in [-0.4, -0.2) is 37.3 Å². The maximum absolute atomic E-state index is 12.5. The number of nitrogen functional groups attached to an aromatic ring is 1. The number of hydrogen-bond acceptors (Lipinski definition) is 7. The second kappa shape index (κ2) is 7.31. The van der Waals surface area contributed by atoms with E-state index in [4.69, 9.17) is 10.5 Å². The van der Waals surface area contributed by atoms with E-state index in [1.807, 2.05) is 24.3 Å². The molecule has 4 aromatic rings. The van der Waals surface area contributed by atoms with E-state index in [0.29, 0.717) is 35.2 Å². The summed E-state index contributed by atoms with van der Waals surface area (Å²) in [7, 11) is 0. The van der Waals surface area contributed by atoms with Gasteiger partial charge in [-0.25, -0.2) is 14.8 Å². The van der Waals surface area contributed by atoms with Crippen molar-refractivity contribution in [3.8, 4) is 11.5 Å². The van der Waals surface area contributed by atoms with Crippen LogP contribution in [0.3, 0.4) is 0 Å². The number of para-hydroxylation sites is 2. The van der Waals surface area contributed by atoms with Gasteiger partial charge in [0.15, 0.2) is 17.1 Å². The summed E-state index contributed by atoms with van der Waals surface area (Å²) in [5, 5.41) is 19.2. The molecule has 0 saturated heterocycles. The van der Waals surface area contributed by atoms with Crippen LogP contribution in [-0.2, 0) is 17.7 Å². The lowest BCUT2D eigenvalue weighted by Crippen LogP contribution is -2.10. The van der Waals surface area contributed by atoms with Crippen molar-refractivity contribution in [2.45, 2.75) is 19.9 Å². The molecule has 0 fully saturated rings. The average molecular weight is 392 g/mol. The zero-order valence-corrected chi connectivity index (χ0v) is 15.8. The van der Waals surface area contributed by atoms with Crippen LogP contribution >= 0.6 is 0 Å². The Hall–Kier alpha value is -3.81. The number of anilines is 1. The first kappa shape index (κ1) is 18.5. The highest BCUT2D eigenvalue weighted by molar-refractivity contribution is 6.08. The van der Waals surface area contributed by atoms with Crippen LogP contribution in [0.15, 0.2) is 42.5 Å². The van der Waals surface area contributed by atoms with E-state index >= 15 is 0 Å². The Morgan fingerprint density at radius 3 is 2.52 bits per heavy atom. The van der Waals surface area contributed by atoms with E-state index in [1.165, 1.54) is 12.1 Å². The number of ether oxygens (including phenoxy) is 1. The van der Waals surface area contributed by atoms with Crippen molar-refractivity contribution in [1.82, 2.24) is 14.5 Å². The van der Waals surface area contributed by atoms with Crippen LogP contribution in [0.1, 0.15) is 22.8 Å². The third-order valence-electron chi connectivity index (χ3n) is 4.74. The summed E-state index contributed by atoms with van der Waals surface area (Å²) in [5.41, 5.74) is 9.56. The maximum atomic E-state index is 12.5. The van der Waals surface area contributed by atoms with Gasteiger partial charge in [-0.2, -0.15) is 0 Å². The highest BCUT2D eigenvalue weighted by Crippen LogP contribution is 2.30. The molecule has 29 heavy (non-hydrogen) atoms. The molecule has 0 saturated carbocycles. The molecular weight excluding hydrogens is 372 g/mol. The molecule has 2 aromatic carbocycles. The number of phenolic OH excluding ortho intramolecular Hbond substituents is 2. The smallest absolute Gasteiger partial charge is 0.344 e. The minimum absolute atomic E-state index is 0.179. The highest BCUT2D eigenvalue weighted by atomic mass is 16.5. The summed E-state index contributed by atoms with van der Waals surface area (Å²) in [6, 6.07) is 12.0. The molecule has 0 aliphatic rings. The van der Waals surface area contributed by atoms with Crippen molar-refractivity contribution >= 4 is 34.0 Å². The number of nitrogens with zero attached hydrogens (tertiary/aromatic N) is 3.